The van der Waals surface area contributed by atoms with Crippen LogP contribution in [0.15, 0.2) is 24.3 Å². The van der Waals surface area contributed by atoms with E-state index in [2.05, 4.69) is 5.32 Å². The molecule has 2 atom stereocenters. The summed E-state index contributed by atoms with van der Waals surface area (Å²) in [6.07, 6.45) is -1.52. The van der Waals surface area contributed by atoms with Crippen LogP contribution >= 0.6 is 12.4 Å². The lowest BCUT2D eigenvalue weighted by atomic mass is 10.1. The second-order valence-corrected chi connectivity index (χ2v) is 5.67. The molecule has 2 unspecified atom stereocenters. The molecule has 1 amide bonds. The molecule has 3 nitrogen and oxygen atoms in total. The van der Waals surface area contributed by atoms with Crippen LogP contribution in [0.3, 0.4) is 0 Å². The van der Waals surface area contributed by atoms with Gasteiger partial charge in [-0.25, -0.2) is 0 Å². The molecule has 0 spiro atoms. The van der Waals surface area contributed by atoms with Crippen LogP contribution in [-0.2, 0) is 6.18 Å². The molecule has 7 heteroatoms. The molecule has 0 aliphatic carbocycles. The monoisotopic (exact) mass is 334 g/mol. The van der Waals surface area contributed by atoms with Gasteiger partial charge in [0.2, 0.25) is 0 Å². The van der Waals surface area contributed by atoms with E-state index in [-0.39, 0.29) is 30.4 Å². The first-order chi connectivity index (χ1) is 9.97. The van der Waals surface area contributed by atoms with E-state index in [0.717, 1.165) is 44.5 Å². The lowest BCUT2D eigenvalue weighted by Crippen LogP contribution is -2.42. The normalized spacial score (nSPS) is 24.6. The first-order valence-electron chi connectivity index (χ1n) is 7.17. The molecule has 2 fully saturated rings. The highest BCUT2D eigenvalue weighted by atomic mass is 35.5. The van der Waals surface area contributed by atoms with E-state index in [1.807, 2.05) is 4.90 Å². The van der Waals surface area contributed by atoms with E-state index in [4.69, 9.17) is 0 Å². The molecule has 22 heavy (non-hydrogen) atoms. The van der Waals surface area contributed by atoms with Gasteiger partial charge >= 0.3 is 6.18 Å². The Bertz CT molecular complexity index is 519. The zero-order chi connectivity index (χ0) is 15.0. The highest BCUT2D eigenvalue weighted by Gasteiger charge is 2.38. The van der Waals surface area contributed by atoms with Gasteiger partial charge in [-0.3, -0.25) is 4.79 Å². The topological polar surface area (TPSA) is 32.3 Å². The predicted molar refractivity (Wildman–Crippen MR) is 79.2 cm³/mol. The van der Waals surface area contributed by atoms with Crippen LogP contribution in [0.5, 0.6) is 0 Å². The molecule has 122 valence electrons. The van der Waals surface area contributed by atoms with Gasteiger partial charge in [-0.05, 0) is 50.1 Å². The van der Waals surface area contributed by atoms with Crippen molar-refractivity contribution in [3.8, 4) is 0 Å². The number of carbonyl (C=O) groups is 1. The summed E-state index contributed by atoms with van der Waals surface area (Å²) < 4.78 is 37.7. The fourth-order valence-electron chi connectivity index (χ4n) is 3.26. The molecule has 1 aromatic carbocycles. The Morgan fingerprint density at radius 2 is 1.73 bits per heavy atom. The minimum absolute atomic E-state index is 0. The molecule has 2 bridgehead atoms. The smallest absolute Gasteiger partial charge is 0.331 e. The number of rotatable bonds is 1. The molecule has 2 heterocycles. The fourth-order valence-corrected chi connectivity index (χ4v) is 3.26. The van der Waals surface area contributed by atoms with Crippen molar-refractivity contribution < 1.29 is 18.0 Å². The maximum atomic E-state index is 12.6. The molecule has 0 radical (unpaired) electrons. The minimum Gasteiger partial charge on any atom is -0.331 e. The van der Waals surface area contributed by atoms with Crippen LogP contribution < -0.4 is 5.32 Å². The molecule has 1 aromatic rings. The minimum atomic E-state index is -4.37. The third kappa shape index (κ3) is 3.22. The van der Waals surface area contributed by atoms with Gasteiger partial charge in [0.1, 0.15) is 0 Å². The zero-order valence-electron chi connectivity index (χ0n) is 11.9. The molecule has 2 aliphatic rings. The van der Waals surface area contributed by atoms with Crippen molar-refractivity contribution >= 4 is 18.3 Å². The Morgan fingerprint density at radius 3 is 2.36 bits per heavy atom. The maximum absolute atomic E-state index is 12.6. The van der Waals surface area contributed by atoms with Crippen molar-refractivity contribution in [1.29, 1.82) is 0 Å². The second kappa shape index (κ2) is 6.46. The summed E-state index contributed by atoms with van der Waals surface area (Å²) in [5.74, 6) is -0.153. The second-order valence-electron chi connectivity index (χ2n) is 5.67. The number of nitrogens with zero attached hydrogens (tertiary/aromatic N) is 1. The van der Waals surface area contributed by atoms with Crippen LogP contribution in [0, 0.1) is 0 Å². The molecule has 0 saturated carbocycles. The van der Waals surface area contributed by atoms with E-state index < -0.39 is 11.7 Å². The van der Waals surface area contributed by atoms with Gasteiger partial charge in [-0.15, -0.1) is 12.4 Å². The van der Waals surface area contributed by atoms with Crippen LogP contribution in [0.25, 0.3) is 0 Å². The number of amides is 1. The van der Waals surface area contributed by atoms with Crippen LogP contribution in [0.4, 0.5) is 13.2 Å². The summed E-state index contributed by atoms with van der Waals surface area (Å²) in [6.45, 7) is 1.65. The number of benzene rings is 1. The van der Waals surface area contributed by atoms with Gasteiger partial charge in [0.25, 0.3) is 5.91 Å². The van der Waals surface area contributed by atoms with Crippen LogP contribution in [0.2, 0.25) is 0 Å². The van der Waals surface area contributed by atoms with E-state index >= 15 is 0 Å². The van der Waals surface area contributed by atoms with Gasteiger partial charge in [0.15, 0.2) is 0 Å². The average molecular weight is 335 g/mol. The van der Waals surface area contributed by atoms with Crippen molar-refractivity contribution in [3.05, 3.63) is 35.4 Å². The Balaban J connectivity index is 0.00000176. The van der Waals surface area contributed by atoms with E-state index in [9.17, 15) is 18.0 Å². The lowest BCUT2D eigenvalue weighted by molar-refractivity contribution is -0.137. The number of nitrogens with one attached hydrogen (secondary N) is 1. The number of alkyl halides is 3. The van der Waals surface area contributed by atoms with Crippen molar-refractivity contribution in [2.75, 3.05) is 13.1 Å². The molecule has 3 rings (SSSR count). The van der Waals surface area contributed by atoms with Gasteiger partial charge < -0.3 is 10.2 Å². The van der Waals surface area contributed by atoms with Gasteiger partial charge in [0.05, 0.1) is 5.56 Å². The van der Waals surface area contributed by atoms with E-state index in [1.165, 1.54) is 12.1 Å². The van der Waals surface area contributed by atoms with E-state index in [1.54, 1.807) is 0 Å². The number of fused-ring (bicyclic) bond motifs is 2. The summed E-state index contributed by atoms with van der Waals surface area (Å²) in [4.78, 5) is 14.5. The summed E-state index contributed by atoms with van der Waals surface area (Å²) in [5, 5.41) is 3.30. The summed E-state index contributed by atoms with van der Waals surface area (Å²) in [5.41, 5.74) is -0.388. The highest BCUT2D eigenvalue weighted by Crippen LogP contribution is 2.31. The third-order valence-corrected chi connectivity index (χ3v) is 4.35. The third-order valence-electron chi connectivity index (χ3n) is 4.35. The molecule has 1 N–H and O–H groups in total. The summed E-state index contributed by atoms with van der Waals surface area (Å²) >= 11 is 0. The molecule has 2 aliphatic heterocycles. The number of hydrogen-bond acceptors (Lipinski definition) is 2. The summed E-state index contributed by atoms with van der Waals surface area (Å²) in [7, 11) is 0. The number of hydrogen-bond donors (Lipinski definition) is 1. The predicted octanol–water partition coefficient (Wildman–Crippen LogP) is 3.09. The quantitative estimate of drug-likeness (QED) is 0.856. The Morgan fingerprint density at radius 1 is 1.09 bits per heavy atom. The SMILES string of the molecule is Cl.O=C(c1ccc(C(F)(F)F)cc1)N1C2CCNCC1CC2. The van der Waals surface area contributed by atoms with Crippen LogP contribution in [-0.4, -0.2) is 36.0 Å². The zero-order valence-corrected chi connectivity index (χ0v) is 12.7. The van der Waals surface area contributed by atoms with Gasteiger partial charge in [-0.2, -0.15) is 13.2 Å². The lowest BCUT2D eigenvalue weighted by Gasteiger charge is -2.28. The largest absolute Gasteiger partial charge is 0.416 e. The Hall–Kier alpha value is -1.27. The Kier molecular flexibility index (Phi) is 5.02. The van der Waals surface area contributed by atoms with E-state index in [0.29, 0.717) is 5.56 Å². The van der Waals surface area contributed by atoms with Crippen LogP contribution in [0.1, 0.15) is 35.2 Å². The molecular weight excluding hydrogens is 317 g/mol. The molecular formula is C15H18ClF3N2O. The number of carbonyl (C=O) groups excluding carboxylic acids is 1. The summed E-state index contributed by atoms with van der Waals surface area (Å²) in [6, 6.07) is 4.88. The standard InChI is InChI=1S/C15H17F3N2O.ClH/c16-15(17,18)11-3-1-10(2-4-11)14(21)20-12-5-6-13(20)9-19-8-7-12;/h1-4,12-13,19H,5-9H2;1H. The molecule has 2 saturated heterocycles. The van der Waals surface area contributed by atoms with Gasteiger partial charge in [0, 0.05) is 24.2 Å². The number of halogens is 4. The highest BCUT2D eigenvalue weighted by molar-refractivity contribution is 5.95. The maximum Gasteiger partial charge on any atom is 0.416 e. The van der Waals surface area contributed by atoms with Crippen molar-refractivity contribution in [2.45, 2.75) is 37.5 Å². The first-order valence-corrected chi connectivity index (χ1v) is 7.17. The average Bonchev–Trinajstić information content (AvgIpc) is 2.70. The van der Waals surface area contributed by atoms with Crippen molar-refractivity contribution in [1.82, 2.24) is 10.2 Å². The van der Waals surface area contributed by atoms with Crippen molar-refractivity contribution in [3.63, 3.8) is 0 Å². The molecule has 0 aromatic heterocycles. The van der Waals surface area contributed by atoms with Gasteiger partial charge in [-0.1, -0.05) is 0 Å². The first kappa shape index (κ1) is 17.1. The Labute approximate surface area is 133 Å². The van der Waals surface area contributed by atoms with Crippen molar-refractivity contribution in [2.24, 2.45) is 0 Å². The fraction of sp³-hybridized carbons (Fsp3) is 0.533.